The number of benzene rings is 1. The van der Waals surface area contributed by atoms with Gasteiger partial charge in [0.2, 0.25) is 0 Å². The van der Waals surface area contributed by atoms with Crippen LogP contribution >= 0.6 is 23.1 Å². The maximum atomic E-state index is 5.26. The van der Waals surface area contributed by atoms with Gasteiger partial charge >= 0.3 is 0 Å². The van der Waals surface area contributed by atoms with E-state index in [0.29, 0.717) is 6.04 Å². The standard InChI is InChI=1S/C19H23N3OS2/c1-13-11-15-18(22-9-8-20-14(12-22)7-10-23-2)21-16-5-3-4-6-17(16)25-19(15)24-13/h3-6,11,14,20H,7-10,12H2,1-2H3. The molecule has 3 heterocycles. The Morgan fingerprint density at radius 2 is 2.24 bits per heavy atom. The highest BCUT2D eigenvalue weighted by Crippen LogP contribution is 2.44. The van der Waals surface area contributed by atoms with Crippen LogP contribution in [0.2, 0.25) is 0 Å². The molecule has 4 nitrogen and oxygen atoms in total. The van der Waals surface area contributed by atoms with Crippen molar-refractivity contribution in [3.8, 4) is 0 Å². The Morgan fingerprint density at radius 1 is 1.36 bits per heavy atom. The lowest BCUT2D eigenvalue weighted by Crippen LogP contribution is -2.53. The number of ether oxygens (including phenoxy) is 1. The van der Waals surface area contributed by atoms with Gasteiger partial charge in [0.25, 0.3) is 0 Å². The quantitative estimate of drug-likeness (QED) is 0.885. The molecule has 2 aromatic rings. The van der Waals surface area contributed by atoms with E-state index in [2.05, 4.69) is 47.5 Å². The van der Waals surface area contributed by atoms with Crippen LogP contribution in [0.4, 0.5) is 5.69 Å². The van der Waals surface area contributed by atoms with Crippen molar-refractivity contribution in [3.05, 3.63) is 40.8 Å². The number of methoxy groups -OCH3 is 1. The lowest BCUT2D eigenvalue weighted by atomic mass is 10.1. The molecule has 0 saturated carbocycles. The summed E-state index contributed by atoms with van der Waals surface area (Å²) in [6, 6.07) is 11.2. The minimum Gasteiger partial charge on any atom is -0.385 e. The smallest absolute Gasteiger partial charge is 0.138 e. The predicted molar refractivity (Wildman–Crippen MR) is 106 cm³/mol. The van der Waals surface area contributed by atoms with Gasteiger partial charge in [-0.05, 0) is 31.5 Å². The molecule has 1 aromatic carbocycles. The van der Waals surface area contributed by atoms with Crippen LogP contribution in [0.25, 0.3) is 0 Å². The Labute approximate surface area is 157 Å². The summed E-state index contributed by atoms with van der Waals surface area (Å²) in [5.74, 6) is 1.13. The third kappa shape index (κ3) is 3.62. The number of fused-ring (bicyclic) bond motifs is 2. The van der Waals surface area contributed by atoms with Crippen molar-refractivity contribution in [2.24, 2.45) is 4.99 Å². The van der Waals surface area contributed by atoms with Crippen molar-refractivity contribution in [1.82, 2.24) is 10.2 Å². The Bertz CT molecular complexity index is 787. The molecule has 25 heavy (non-hydrogen) atoms. The molecule has 0 aliphatic carbocycles. The first-order valence-corrected chi connectivity index (χ1v) is 10.3. The molecule has 0 bridgehead atoms. The molecule has 2 aliphatic heterocycles. The lowest BCUT2D eigenvalue weighted by Gasteiger charge is -2.35. The molecule has 1 N–H and O–H groups in total. The van der Waals surface area contributed by atoms with Gasteiger partial charge < -0.3 is 15.0 Å². The summed E-state index contributed by atoms with van der Waals surface area (Å²) in [4.78, 5) is 10.1. The largest absolute Gasteiger partial charge is 0.385 e. The van der Waals surface area contributed by atoms with Crippen LogP contribution in [-0.2, 0) is 4.74 Å². The number of nitrogens with one attached hydrogen (secondary N) is 1. The topological polar surface area (TPSA) is 36.9 Å². The first-order chi connectivity index (χ1) is 12.2. The van der Waals surface area contributed by atoms with E-state index in [0.717, 1.165) is 44.2 Å². The molecule has 0 spiro atoms. The highest BCUT2D eigenvalue weighted by molar-refractivity contribution is 8.01. The molecule has 1 aromatic heterocycles. The van der Waals surface area contributed by atoms with Gasteiger partial charge in [0.1, 0.15) is 5.84 Å². The highest BCUT2D eigenvalue weighted by atomic mass is 32.2. The summed E-state index contributed by atoms with van der Waals surface area (Å²) in [5.41, 5.74) is 2.37. The molecular formula is C19H23N3OS2. The lowest BCUT2D eigenvalue weighted by molar-refractivity contribution is 0.168. The highest BCUT2D eigenvalue weighted by Gasteiger charge is 2.27. The number of para-hydroxylation sites is 1. The SMILES string of the molecule is COCCC1CN(C2=Nc3ccccc3Sc3sc(C)cc32)CCN1. The molecule has 1 fully saturated rings. The third-order valence-electron chi connectivity index (χ3n) is 4.58. The molecule has 0 radical (unpaired) electrons. The van der Waals surface area contributed by atoms with Gasteiger partial charge in [0.15, 0.2) is 0 Å². The van der Waals surface area contributed by atoms with Crippen molar-refractivity contribution < 1.29 is 4.74 Å². The summed E-state index contributed by atoms with van der Waals surface area (Å²) in [6.07, 6.45) is 1.03. The molecule has 1 saturated heterocycles. The summed E-state index contributed by atoms with van der Waals surface area (Å²) >= 11 is 3.72. The van der Waals surface area contributed by atoms with Crippen molar-refractivity contribution in [3.63, 3.8) is 0 Å². The van der Waals surface area contributed by atoms with E-state index in [1.807, 2.05) is 23.1 Å². The first kappa shape index (κ1) is 17.1. The van der Waals surface area contributed by atoms with Gasteiger partial charge in [-0.25, -0.2) is 4.99 Å². The number of amidine groups is 1. The van der Waals surface area contributed by atoms with Gasteiger partial charge in [-0.15, -0.1) is 11.3 Å². The normalized spacial score (nSPS) is 19.8. The number of hydrogen-bond acceptors (Lipinski definition) is 6. The van der Waals surface area contributed by atoms with Crippen molar-refractivity contribution in [1.29, 1.82) is 0 Å². The van der Waals surface area contributed by atoms with E-state index in [1.165, 1.54) is 19.5 Å². The van der Waals surface area contributed by atoms with Crippen molar-refractivity contribution in [2.75, 3.05) is 33.4 Å². The molecular weight excluding hydrogens is 350 g/mol. The molecule has 1 unspecified atom stereocenters. The summed E-state index contributed by atoms with van der Waals surface area (Å²) in [7, 11) is 1.77. The summed E-state index contributed by atoms with van der Waals surface area (Å²) in [5, 5.41) is 3.61. The van der Waals surface area contributed by atoms with Gasteiger partial charge in [0.05, 0.1) is 9.90 Å². The summed E-state index contributed by atoms with van der Waals surface area (Å²) < 4.78 is 6.62. The number of nitrogens with zero attached hydrogens (tertiary/aromatic N) is 2. The Balaban J connectivity index is 1.70. The number of aliphatic imine (C=N–C) groups is 1. The van der Waals surface area contributed by atoms with Gasteiger partial charge in [-0.1, -0.05) is 23.9 Å². The zero-order valence-electron chi connectivity index (χ0n) is 14.6. The zero-order chi connectivity index (χ0) is 17.2. The second kappa shape index (κ2) is 7.50. The van der Waals surface area contributed by atoms with E-state index < -0.39 is 0 Å². The van der Waals surface area contributed by atoms with Crippen molar-refractivity contribution in [2.45, 2.75) is 28.5 Å². The monoisotopic (exact) mass is 373 g/mol. The van der Waals surface area contributed by atoms with E-state index >= 15 is 0 Å². The van der Waals surface area contributed by atoms with Crippen LogP contribution in [-0.4, -0.2) is 50.1 Å². The maximum Gasteiger partial charge on any atom is 0.138 e. The van der Waals surface area contributed by atoms with Crippen LogP contribution in [0.1, 0.15) is 16.9 Å². The number of rotatable bonds is 3. The molecule has 0 amide bonds. The Hall–Kier alpha value is -1.34. The minimum atomic E-state index is 0.450. The fourth-order valence-corrected chi connectivity index (χ4v) is 5.73. The van der Waals surface area contributed by atoms with E-state index in [-0.39, 0.29) is 0 Å². The van der Waals surface area contributed by atoms with Crippen LogP contribution in [0.3, 0.4) is 0 Å². The molecule has 1 atom stereocenters. The van der Waals surface area contributed by atoms with E-state index in [9.17, 15) is 0 Å². The third-order valence-corrected chi connectivity index (χ3v) is 6.90. The average Bonchev–Trinajstić information content (AvgIpc) is 2.91. The maximum absolute atomic E-state index is 5.26. The first-order valence-electron chi connectivity index (χ1n) is 8.68. The van der Waals surface area contributed by atoms with Gasteiger partial charge in [0, 0.05) is 54.7 Å². The molecule has 4 rings (SSSR count). The summed E-state index contributed by atoms with van der Waals surface area (Å²) in [6.45, 7) is 5.93. The fraction of sp³-hybridized carbons (Fsp3) is 0.421. The number of aryl methyl sites for hydroxylation is 1. The molecule has 2 aliphatic rings. The van der Waals surface area contributed by atoms with Crippen LogP contribution in [0, 0.1) is 6.92 Å². The second-order valence-electron chi connectivity index (χ2n) is 6.44. The van der Waals surface area contributed by atoms with Crippen molar-refractivity contribution >= 4 is 34.6 Å². The molecule has 132 valence electrons. The number of piperazine rings is 1. The number of thiophene rings is 1. The Kier molecular flexibility index (Phi) is 5.12. The molecule has 6 heteroatoms. The minimum absolute atomic E-state index is 0.450. The van der Waals surface area contributed by atoms with E-state index in [1.54, 1.807) is 7.11 Å². The van der Waals surface area contributed by atoms with Gasteiger partial charge in [-0.2, -0.15) is 0 Å². The van der Waals surface area contributed by atoms with Crippen LogP contribution in [0.5, 0.6) is 0 Å². The zero-order valence-corrected chi connectivity index (χ0v) is 16.3. The fourth-order valence-electron chi connectivity index (χ4n) is 3.35. The van der Waals surface area contributed by atoms with Crippen LogP contribution in [0.15, 0.2) is 44.4 Å². The van der Waals surface area contributed by atoms with E-state index in [4.69, 9.17) is 9.73 Å². The predicted octanol–water partition coefficient (Wildman–Crippen LogP) is 3.91. The van der Waals surface area contributed by atoms with Crippen LogP contribution < -0.4 is 5.32 Å². The average molecular weight is 374 g/mol. The van der Waals surface area contributed by atoms with Gasteiger partial charge in [-0.3, -0.25) is 0 Å². The number of hydrogen-bond donors (Lipinski definition) is 1. The second-order valence-corrected chi connectivity index (χ2v) is 9.01. The Morgan fingerprint density at radius 3 is 3.12 bits per heavy atom.